The highest BCUT2D eigenvalue weighted by Crippen LogP contribution is 2.30. The van der Waals surface area contributed by atoms with E-state index in [0.717, 1.165) is 26.2 Å². The molecule has 7 aromatic rings. The SMILES string of the molecule is O=c1c2ccccc2nc(-c2cc3cc(Br)ccc3o2)n1N=Cc1ccc(OCc2cccc3ccccc23)c(Cl)c1. The predicted molar refractivity (Wildman–Crippen MR) is 172 cm³/mol. The van der Waals surface area contributed by atoms with Gasteiger partial charge in [-0.3, -0.25) is 4.79 Å². The summed E-state index contributed by atoms with van der Waals surface area (Å²) >= 11 is 10.1. The summed E-state index contributed by atoms with van der Waals surface area (Å²) in [6.45, 7) is 0.379. The molecule has 8 heteroatoms. The van der Waals surface area contributed by atoms with Crippen LogP contribution >= 0.6 is 27.5 Å². The van der Waals surface area contributed by atoms with Crippen LogP contribution in [0.4, 0.5) is 0 Å². The first-order chi connectivity index (χ1) is 20.5. The molecule has 0 aliphatic carbocycles. The molecule has 0 saturated heterocycles. The Balaban J connectivity index is 1.22. The van der Waals surface area contributed by atoms with E-state index in [9.17, 15) is 4.79 Å². The number of para-hydroxylation sites is 1. The van der Waals surface area contributed by atoms with Crippen molar-refractivity contribution in [3.05, 3.63) is 140 Å². The summed E-state index contributed by atoms with van der Waals surface area (Å²) in [5.74, 6) is 1.28. The van der Waals surface area contributed by atoms with Crippen LogP contribution in [0.2, 0.25) is 5.02 Å². The van der Waals surface area contributed by atoms with E-state index in [2.05, 4.69) is 39.2 Å². The third kappa shape index (κ3) is 4.98. The fraction of sp³-hybridized carbons (Fsp3) is 0.0294. The van der Waals surface area contributed by atoms with E-state index in [1.165, 1.54) is 4.68 Å². The van der Waals surface area contributed by atoms with Crippen LogP contribution in [0.1, 0.15) is 11.1 Å². The molecule has 0 atom stereocenters. The van der Waals surface area contributed by atoms with Gasteiger partial charge in [0.15, 0.2) is 5.76 Å². The van der Waals surface area contributed by atoms with Gasteiger partial charge in [-0.05, 0) is 76.5 Å². The molecule has 2 aromatic heterocycles. The first-order valence-corrected chi connectivity index (χ1v) is 14.4. The second-order valence-electron chi connectivity index (χ2n) is 9.72. The number of halogens is 2. The molecule has 0 saturated carbocycles. The minimum absolute atomic E-state index is 0.295. The number of rotatable bonds is 6. The van der Waals surface area contributed by atoms with Crippen LogP contribution in [0.3, 0.4) is 0 Å². The highest BCUT2D eigenvalue weighted by atomic mass is 79.9. The largest absolute Gasteiger partial charge is 0.487 e. The van der Waals surface area contributed by atoms with Crippen molar-refractivity contribution < 1.29 is 9.15 Å². The molecule has 0 radical (unpaired) electrons. The number of hydrogen-bond acceptors (Lipinski definition) is 5. The van der Waals surface area contributed by atoms with Crippen molar-refractivity contribution in [1.29, 1.82) is 0 Å². The quantitative estimate of drug-likeness (QED) is 0.171. The molecule has 0 N–H and O–H groups in total. The minimum atomic E-state index is -0.311. The molecule has 0 aliphatic heterocycles. The smallest absolute Gasteiger partial charge is 0.282 e. The van der Waals surface area contributed by atoms with Gasteiger partial charge in [-0.15, -0.1) is 0 Å². The van der Waals surface area contributed by atoms with Gasteiger partial charge in [-0.1, -0.05) is 82.1 Å². The Morgan fingerprint density at radius 3 is 2.57 bits per heavy atom. The number of ether oxygens (including phenoxy) is 1. The molecule has 204 valence electrons. The van der Waals surface area contributed by atoms with Gasteiger partial charge in [0.1, 0.15) is 17.9 Å². The van der Waals surface area contributed by atoms with E-state index in [4.69, 9.17) is 25.7 Å². The Hall–Kier alpha value is -4.72. The Bertz CT molecular complexity index is 2220. The molecule has 6 nitrogen and oxygen atoms in total. The maximum atomic E-state index is 13.6. The van der Waals surface area contributed by atoms with E-state index in [1.807, 2.05) is 60.7 Å². The molecule has 7 rings (SSSR count). The maximum absolute atomic E-state index is 13.6. The van der Waals surface area contributed by atoms with Crippen molar-refractivity contribution >= 4 is 66.4 Å². The van der Waals surface area contributed by atoms with Gasteiger partial charge in [0, 0.05) is 9.86 Å². The van der Waals surface area contributed by atoms with Crippen LogP contribution in [0.5, 0.6) is 5.75 Å². The van der Waals surface area contributed by atoms with E-state index in [1.54, 1.807) is 36.5 Å². The predicted octanol–water partition coefficient (Wildman–Crippen LogP) is 8.84. The van der Waals surface area contributed by atoms with E-state index >= 15 is 0 Å². The zero-order valence-corrected chi connectivity index (χ0v) is 24.3. The number of hydrogen-bond donors (Lipinski definition) is 0. The normalized spacial score (nSPS) is 11.7. The van der Waals surface area contributed by atoms with Gasteiger partial charge >= 0.3 is 0 Å². The van der Waals surface area contributed by atoms with Gasteiger partial charge in [0.05, 0.1) is 22.1 Å². The van der Waals surface area contributed by atoms with Crippen molar-refractivity contribution in [2.45, 2.75) is 6.61 Å². The molecule has 0 unspecified atom stereocenters. The van der Waals surface area contributed by atoms with Crippen molar-refractivity contribution in [3.8, 4) is 17.3 Å². The van der Waals surface area contributed by atoms with Crippen LogP contribution in [-0.2, 0) is 6.61 Å². The van der Waals surface area contributed by atoms with Gasteiger partial charge < -0.3 is 9.15 Å². The van der Waals surface area contributed by atoms with Gasteiger partial charge in [-0.2, -0.15) is 9.78 Å². The lowest BCUT2D eigenvalue weighted by atomic mass is 10.1. The lowest BCUT2D eigenvalue weighted by Gasteiger charge is -2.11. The average molecular weight is 635 g/mol. The Morgan fingerprint density at radius 2 is 1.69 bits per heavy atom. The van der Waals surface area contributed by atoms with E-state index in [0.29, 0.717) is 51.0 Å². The van der Waals surface area contributed by atoms with Crippen molar-refractivity contribution in [3.63, 3.8) is 0 Å². The molecule has 0 amide bonds. The molecule has 2 heterocycles. The monoisotopic (exact) mass is 633 g/mol. The Morgan fingerprint density at radius 1 is 0.881 bits per heavy atom. The zero-order chi connectivity index (χ0) is 28.6. The molecule has 0 spiro atoms. The van der Waals surface area contributed by atoms with E-state index < -0.39 is 0 Å². The summed E-state index contributed by atoms with van der Waals surface area (Å²) in [7, 11) is 0. The third-order valence-electron chi connectivity index (χ3n) is 6.99. The summed E-state index contributed by atoms with van der Waals surface area (Å²) in [6, 6.07) is 34.4. The van der Waals surface area contributed by atoms with Gasteiger partial charge in [-0.25, -0.2) is 4.98 Å². The molecule has 5 aromatic carbocycles. The molecule has 0 bridgehead atoms. The van der Waals surface area contributed by atoms with Crippen molar-refractivity contribution in [2.24, 2.45) is 5.10 Å². The first kappa shape index (κ1) is 26.2. The molecule has 42 heavy (non-hydrogen) atoms. The fourth-order valence-corrected chi connectivity index (χ4v) is 5.55. The van der Waals surface area contributed by atoms with Crippen molar-refractivity contribution in [2.75, 3.05) is 0 Å². The standard InChI is InChI=1S/C34H21BrClN3O3/c35-25-13-15-30-24(17-25)18-32(42-30)33-38-29-11-4-3-10-27(29)34(40)39(33)37-19-21-12-14-31(28(36)16-21)41-20-23-8-5-7-22-6-1-2-9-26(22)23/h1-19H,20H2. The number of nitrogens with zero attached hydrogens (tertiary/aromatic N) is 3. The highest BCUT2D eigenvalue weighted by molar-refractivity contribution is 9.10. The fourth-order valence-electron chi connectivity index (χ4n) is 4.93. The molecule has 0 aliphatic rings. The summed E-state index contributed by atoms with van der Waals surface area (Å²) in [6.07, 6.45) is 1.57. The average Bonchev–Trinajstić information content (AvgIpc) is 3.43. The van der Waals surface area contributed by atoms with Crippen LogP contribution in [0, 0.1) is 0 Å². The number of benzene rings is 5. The van der Waals surface area contributed by atoms with Crippen LogP contribution in [0.25, 0.3) is 44.2 Å². The summed E-state index contributed by atoms with van der Waals surface area (Å²) in [5, 5.41) is 8.60. The Labute approximate surface area is 253 Å². The minimum Gasteiger partial charge on any atom is -0.487 e. The maximum Gasteiger partial charge on any atom is 0.282 e. The lowest BCUT2D eigenvalue weighted by molar-refractivity contribution is 0.308. The number of aromatic nitrogens is 2. The van der Waals surface area contributed by atoms with Crippen LogP contribution in [0.15, 0.2) is 128 Å². The van der Waals surface area contributed by atoms with Crippen LogP contribution < -0.4 is 10.3 Å². The second kappa shape index (κ2) is 10.9. The van der Waals surface area contributed by atoms with Gasteiger partial charge in [0.25, 0.3) is 5.56 Å². The highest BCUT2D eigenvalue weighted by Gasteiger charge is 2.17. The number of furan rings is 1. The van der Waals surface area contributed by atoms with Crippen molar-refractivity contribution in [1.82, 2.24) is 9.66 Å². The Kier molecular flexibility index (Phi) is 6.82. The van der Waals surface area contributed by atoms with E-state index in [-0.39, 0.29) is 5.56 Å². The van der Waals surface area contributed by atoms with Gasteiger partial charge in [0.2, 0.25) is 5.82 Å². The third-order valence-corrected chi connectivity index (χ3v) is 7.78. The lowest BCUT2D eigenvalue weighted by Crippen LogP contribution is -2.20. The topological polar surface area (TPSA) is 69.6 Å². The zero-order valence-electron chi connectivity index (χ0n) is 22.0. The summed E-state index contributed by atoms with van der Waals surface area (Å²) in [4.78, 5) is 18.3. The molecular formula is C34H21BrClN3O3. The summed E-state index contributed by atoms with van der Waals surface area (Å²) < 4.78 is 14.3. The summed E-state index contributed by atoms with van der Waals surface area (Å²) in [5.41, 5.74) is 2.69. The van der Waals surface area contributed by atoms with Crippen LogP contribution in [-0.4, -0.2) is 15.9 Å². The molecule has 0 fully saturated rings. The molecular weight excluding hydrogens is 614 g/mol. The first-order valence-electron chi connectivity index (χ1n) is 13.2. The number of fused-ring (bicyclic) bond motifs is 3. The second-order valence-corrected chi connectivity index (χ2v) is 11.0.